The molecule has 2 aromatic rings. The van der Waals surface area contributed by atoms with Crippen LogP contribution in [-0.4, -0.2) is 86.6 Å². The maximum absolute atomic E-state index is 12.0. The Kier molecular flexibility index (Phi) is 19.5. The SMILES string of the molecule is CC(=C(CCO)SSC(CCO)=C(C)N(C=O)Cc1cnc(C)nc1N)N(C=O)Cc1cnc(C)nc1N.O=[N+]([O-])O.O=[N+]([O-])O. The first-order valence-electron chi connectivity index (χ1n) is 12.8. The average Bonchev–Trinajstić information content (AvgIpc) is 2.96. The minimum absolute atomic E-state index is 0.131. The van der Waals surface area contributed by atoms with Gasteiger partial charge in [-0.25, -0.2) is 19.9 Å². The smallest absolute Gasteiger partial charge is 0.291 e. The number of aromatic nitrogens is 4. The lowest BCUT2D eigenvalue weighted by Gasteiger charge is -2.24. The fourth-order valence-corrected chi connectivity index (χ4v) is 6.15. The second-order valence-corrected chi connectivity index (χ2v) is 11.0. The van der Waals surface area contributed by atoms with Crippen LogP contribution < -0.4 is 11.5 Å². The first-order chi connectivity index (χ1) is 21.6. The number of carbonyl (C=O) groups excluding carboxylic acids is 2. The van der Waals surface area contributed by atoms with Gasteiger partial charge in [0.2, 0.25) is 12.8 Å². The number of rotatable bonds is 15. The average molecular weight is 689 g/mol. The number of aliphatic hydroxyl groups is 2. The van der Waals surface area contributed by atoms with E-state index < -0.39 is 10.2 Å². The Morgan fingerprint density at radius 1 is 0.804 bits per heavy atom. The Hall–Kier alpha value is -4.80. The number of anilines is 2. The summed E-state index contributed by atoms with van der Waals surface area (Å²) < 4.78 is 0. The zero-order valence-electron chi connectivity index (χ0n) is 25.3. The Labute approximate surface area is 270 Å². The predicted molar refractivity (Wildman–Crippen MR) is 167 cm³/mol. The van der Waals surface area contributed by atoms with Crippen molar-refractivity contribution < 1.29 is 40.4 Å². The quantitative estimate of drug-likeness (QED) is 0.0669. The Morgan fingerprint density at radius 3 is 1.35 bits per heavy atom. The minimum Gasteiger partial charge on any atom is -0.396 e. The summed E-state index contributed by atoms with van der Waals surface area (Å²) in [5.74, 6) is 1.65. The van der Waals surface area contributed by atoms with E-state index in [0.717, 1.165) is 9.81 Å². The van der Waals surface area contributed by atoms with Crippen LogP contribution in [0.25, 0.3) is 0 Å². The van der Waals surface area contributed by atoms with Gasteiger partial charge in [-0.2, -0.15) is 0 Å². The molecule has 0 aliphatic rings. The zero-order valence-corrected chi connectivity index (χ0v) is 27.0. The largest absolute Gasteiger partial charge is 0.396 e. The summed E-state index contributed by atoms with van der Waals surface area (Å²) in [4.78, 5) is 61.7. The summed E-state index contributed by atoms with van der Waals surface area (Å²) >= 11 is 0. The number of nitrogens with two attached hydrogens (primary N) is 2. The Balaban J connectivity index is 0.00000226. The van der Waals surface area contributed by atoms with Gasteiger partial charge < -0.3 is 41.9 Å². The van der Waals surface area contributed by atoms with Crippen LogP contribution in [-0.2, 0) is 22.7 Å². The molecule has 254 valence electrons. The molecule has 0 fully saturated rings. The molecule has 0 radical (unpaired) electrons. The van der Waals surface area contributed by atoms with Crippen LogP contribution in [0, 0.1) is 34.1 Å². The molecule has 2 aromatic heterocycles. The summed E-state index contributed by atoms with van der Waals surface area (Å²) in [7, 11) is 2.69. The monoisotopic (exact) mass is 688 g/mol. The fourth-order valence-electron chi connectivity index (χ4n) is 3.30. The number of hydrogen-bond acceptors (Lipinski definition) is 16. The van der Waals surface area contributed by atoms with Crippen molar-refractivity contribution in [2.45, 2.75) is 53.6 Å². The highest BCUT2D eigenvalue weighted by atomic mass is 33.1. The summed E-state index contributed by atoms with van der Waals surface area (Å²) in [6.45, 7) is 7.08. The van der Waals surface area contributed by atoms with E-state index in [1.807, 2.05) is 0 Å². The second kappa shape index (κ2) is 21.8. The van der Waals surface area contributed by atoms with E-state index in [1.54, 1.807) is 40.1 Å². The molecular weight excluding hydrogens is 652 g/mol. The van der Waals surface area contributed by atoms with Gasteiger partial charge in [-0.3, -0.25) is 9.59 Å². The minimum atomic E-state index is -1.50. The molecule has 0 spiro atoms. The molecule has 0 aliphatic carbocycles. The van der Waals surface area contributed by atoms with E-state index in [2.05, 4.69) is 19.9 Å². The van der Waals surface area contributed by atoms with Crippen LogP contribution in [0.5, 0.6) is 0 Å². The van der Waals surface area contributed by atoms with Crippen molar-refractivity contribution in [3.63, 3.8) is 0 Å². The normalized spacial score (nSPS) is 11.3. The van der Waals surface area contributed by atoms with Crippen molar-refractivity contribution in [2.75, 3.05) is 24.7 Å². The van der Waals surface area contributed by atoms with Crippen molar-refractivity contribution in [2.24, 2.45) is 0 Å². The van der Waals surface area contributed by atoms with Gasteiger partial charge in [-0.15, -0.1) is 20.2 Å². The summed E-state index contributed by atoms with van der Waals surface area (Å²) in [6.07, 6.45) is 5.15. The summed E-state index contributed by atoms with van der Waals surface area (Å²) in [5.41, 5.74) is 14.5. The van der Waals surface area contributed by atoms with E-state index in [4.69, 9.17) is 42.1 Å². The zero-order chi connectivity index (χ0) is 35.4. The second-order valence-electron chi connectivity index (χ2n) is 8.73. The lowest BCUT2D eigenvalue weighted by molar-refractivity contribution is -0.742. The van der Waals surface area contributed by atoms with E-state index in [1.165, 1.54) is 31.4 Å². The summed E-state index contributed by atoms with van der Waals surface area (Å²) in [5, 5.41) is 46.6. The van der Waals surface area contributed by atoms with Gasteiger partial charge in [0.1, 0.15) is 23.3 Å². The van der Waals surface area contributed by atoms with Crippen LogP contribution in [0.4, 0.5) is 11.6 Å². The van der Waals surface area contributed by atoms with Gasteiger partial charge >= 0.3 is 0 Å². The van der Waals surface area contributed by atoms with Gasteiger partial charge in [-0.1, -0.05) is 21.6 Å². The van der Waals surface area contributed by atoms with Gasteiger partial charge in [0.05, 0.1) is 13.1 Å². The standard InChI is InChI=1S/C24H34N8O4S2.2HNO3/c1-15(31(13-35)11-19-9-27-17(3)29-23(19)25)21(5-7-33)37-38-22(6-8-34)16(2)32(14-36)12-20-10-28-18(4)30-24(20)26;2*2-1(3)4/h9-10,13-14,33-34H,5-8,11-12H2,1-4H3,(H2,25,27,29)(H2,26,28,30);2*(H,2,3,4). The molecule has 0 aromatic carbocycles. The van der Waals surface area contributed by atoms with Crippen molar-refractivity contribution in [3.05, 3.63) is 76.6 Å². The number of hydrogen-bond donors (Lipinski definition) is 6. The molecule has 46 heavy (non-hydrogen) atoms. The topological polar surface area (TPSA) is 311 Å². The van der Waals surface area contributed by atoms with Gasteiger partial charge in [0.15, 0.2) is 0 Å². The lowest BCUT2D eigenvalue weighted by atomic mass is 10.2. The maximum atomic E-state index is 12.0. The van der Waals surface area contributed by atoms with Crippen molar-refractivity contribution in [1.29, 1.82) is 0 Å². The van der Waals surface area contributed by atoms with E-state index in [9.17, 15) is 19.8 Å². The third-order valence-corrected chi connectivity index (χ3v) is 8.50. The van der Waals surface area contributed by atoms with Crippen LogP contribution in [0.15, 0.2) is 33.6 Å². The number of allylic oxidation sites excluding steroid dienone is 2. The number of nitrogen functional groups attached to an aromatic ring is 2. The van der Waals surface area contributed by atoms with Gasteiger partial charge in [0, 0.05) is 70.8 Å². The molecule has 20 nitrogen and oxygen atoms in total. The van der Waals surface area contributed by atoms with Crippen molar-refractivity contribution >= 4 is 46.0 Å². The highest BCUT2D eigenvalue weighted by molar-refractivity contribution is 8.79. The molecule has 2 amide bonds. The third kappa shape index (κ3) is 15.8. The molecule has 0 unspecified atom stereocenters. The van der Waals surface area contributed by atoms with E-state index in [-0.39, 0.29) is 26.3 Å². The van der Waals surface area contributed by atoms with Gasteiger partial charge in [-0.05, 0) is 27.7 Å². The Bertz CT molecular complexity index is 1290. The first-order valence-corrected chi connectivity index (χ1v) is 15.0. The number of nitrogens with zero attached hydrogens (tertiary/aromatic N) is 8. The number of amides is 2. The molecule has 2 rings (SSSR count). The molecule has 0 saturated carbocycles. The van der Waals surface area contributed by atoms with E-state index in [0.29, 0.717) is 71.5 Å². The number of aliphatic hydroxyl groups excluding tert-OH is 2. The van der Waals surface area contributed by atoms with Crippen molar-refractivity contribution in [1.82, 2.24) is 29.7 Å². The molecule has 22 heteroatoms. The molecule has 0 atom stereocenters. The molecule has 0 aliphatic heterocycles. The molecule has 0 saturated heterocycles. The van der Waals surface area contributed by atoms with Crippen LogP contribution in [0.3, 0.4) is 0 Å². The lowest BCUT2D eigenvalue weighted by Crippen LogP contribution is -2.22. The van der Waals surface area contributed by atoms with Crippen molar-refractivity contribution in [3.8, 4) is 0 Å². The number of aryl methyl sites for hydroxylation is 2. The number of carbonyl (C=O) groups is 2. The Morgan fingerprint density at radius 2 is 1.11 bits per heavy atom. The van der Waals surface area contributed by atoms with Crippen LogP contribution in [0.2, 0.25) is 0 Å². The fraction of sp³-hybridized carbons (Fsp3) is 0.417. The first kappa shape index (κ1) is 41.2. The highest BCUT2D eigenvalue weighted by Crippen LogP contribution is 2.42. The van der Waals surface area contributed by atoms with Crippen LogP contribution in [0.1, 0.15) is 49.5 Å². The van der Waals surface area contributed by atoms with E-state index >= 15 is 0 Å². The van der Waals surface area contributed by atoms with Crippen LogP contribution >= 0.6 is 21.6 Å². The molecular formula is C24H36N10O10S2. The van der Waals surface area contributed by atoms with Gasteiger partial charge in [0.25, 0.3) is 10.2 Å². The summed E-state index contributed by atoms with van der Waals surface area (Å²) in [6, 6.07) is 0. The molecule has 8 N–H and O–H groups in total. The maximum Gasteiger partial charge on any atom is 0.291 e. The molecule has 0 bridgehead atoms. The third-order valence-electron chi connectivity index (χ3n) is 5.56. The highest BCUT2D eigenvalue weighted by Gasteiger charge is 2.18. The predicted octanol–water partition coefficient (Wildman–Crippen LogP) is 1.58. The molecule has 2 heterocycles.